The molecule has 2 amide bonds. The van der Waals surface area contributed by atoms with Crippen molar-refractivity contribution in [2.75, 3.05) is 32.7 Å². The Morgan fingerprint density at radius 3 is 2.65 bits per heavy atom. The number of nitrogens with zero attached hydrogens (tertiary/aromatic N) is 1. The molecule has 1 saturated heterocycles. The maximum atomic E-state index is 11.6. The molecule has 0 saturated carbocycles. The number of piperidine rings is 1. The lowest BCUT2D eigenvalue weighted by Gasteiger charge is -2.35. The number of likely N-dealkylation sites (N-methyl/N-ethyl adjacent to an activating group) is 1. The van der Waals surface area contributed by atoms with Crippen molar-refractivity contribution < 1.29 is 9.59 Å². The van der Waals surface area contributed by atoms with E-state index in [1.807, 2.05) is 6.92 Å². The fourth-order valence-corrected chi connectivity index (χ4v) is 2.39. The molecule has 0 radical (unpaired) electrons. The summed E-state index contributed by atoms with van der Waals surface area (Å²) in [5.41, 5.74) is 5.34. The Morgan fingerprint density at radius 2 is 2.00 bits per heavy atom. The van der Waals surface area contributed by atoms with E-state index in [4.69, 9.17) is 5.73 Å². The van der Waals surface area contributed by atoms with Gasteiger partial charge in [-0.15, -0.1) is 12.4 Å². The number of amides is 2. The average molecular weight is 307 g/mol. The van der Waals surface area contributed by atoms with Crippen LogP contribution in [0.3, 0.4) is 0 Å². The highest BCUT2D eigenvalue weighted by atomic mass is 35.5. The molecule has 6 nitrogen and oxygen atoms in total. The first-order valence-electron chi connectivity index (χ1n) is 7.14. The van der Waals surface area contributed by atoms with Crippen molar-refractivity contribution in [3.8, 4) is 0 Å². The highest BCUT2D eigenvalue weighted by molar-refractivity contribution is 5.85. The summed E-state index contributed by atoms with van der Waals surface area (Å²) < 4.78 is 0. The van der Waals surface area contributed by atoms with Crippen molar-refractivity contribution in [3.05, 3.63) is 0 Å². The molecule has 1 unspecified atom stereocenters. The van der Waals surface area contributed by atoms with E-state index in [0.29, 0.717) is 32.6 Å². The summed E-state index contributed by atoms with van der Waals surface area (Å²) in [4.78, 5) is 25.2. The van der Waals surface area contributed by atoms with Crippen LogP contribution in [0.2, 0.25) is 0 Å². The molecular weight excluding hydrogens is 280 g/mol. The van der Waals surface area contributed by atoms with Gasteiger partial charge in [0, 0.05) is 32.1 Å². The molecule has 7 heteroatoms. The van der Waals surface area contributed by atoms with E-state index >= 15 is 0 Å². The number of hydrogen-bond donors (Lipinski definition) is 3. The van der Waals surface area contributed by atoms with Gasteiger partial charge in [0.25, 0.3) is 0 Å². The molecule has 118 valence electrons. The first kappa shape index (κ1) is 19.1. The first-order chi connectivity index (χ1) is 9.17. The largest absolute Gasteiger partial charge is 0.355 e. The van der Waals surface area contributed by atoms with Crippen molar-refractivity contribution >= 4 is 24.2 Å². The Morgan fingerprint density at radius 1 is 1.25 bits per heavy atom. The van der Waals surface area contributed by atoms with E-state index in [1.54, 1.807) is 0 Å². The van der Waals surface area contributed by atoms with Gasteiger partial charge in [0.1, 0.15) is 0 Å². The molecule has 0 aromatic rings. The van der Waals surface area contributed by atoms with Crippen molar-refractivity contribution in [1.82, 2.24) is 15.5 Å². The summed E-state index contributed by atoms with van der Waals surface area (Å²) in [5.74, 6) is 0.0497. The number of carbonyl (C=O) groups excluding carboxylic acids is 2. The molecule has 1 fully saturated rings. The molecule has 20 heavy (non-hydrogen) atoms. The van der Waals surface area contributed by atoms with Crippen molar-refractivity contribution in [2.45, 2.75) is 38.6 Å². The van der Waals surface area contributed by atoms with Crippen LogP contribution in [0.25, 0.3) is 0 Å². The highest BCUT2D eigenvalue weighted by Gasteiger charge is 2.24. The number of likely N-dealkylation sites (tertiary alicyclic amines) is 1. The van der Waals surface area contributed by atoms with E-state index in [1.165, 1.54) is 0 Å². The van der Waals surface area contributed by atoms with Crippen molar-refractivity contribution in [3.63, 3.8) is 0 Å². The van der Waals surface area contributed by atoms with E-state index in [-0.39, 0.29) is 30.3 Å². The van der Waals surface area contributed by atoms with Crippen LogP contribution in [-0.4, -0.2) is 55.5 Å². The zero-order valence-electron chi connectivity index (χ0n) is 12.2. The lowest BCUT2D eigenvalue weighted by molar-refractivity contribution is -0.123. The Balaban J connectivity index is 0.00000361. The molecule has 0 bridgehead atoms. The van der Waals surface area contributed by atoms with Gasteiger partial charge in [0.2, 0.25) is 11.8 Å². The Bertz CT molecular complexity index is 302. The van der Waals surface area contributed by atoms with Crippen LogP contribution >= 0.6 is 12.4 Å². The lowest BCUT2D eigenvalue weighted by Crippen LogP contribution is -2.50. The summed E-state index contributed by atoms with van der Waals surface area (Å²) >= 11 is 0. The van der Waals surface area contributed by atoms with Gasteiger partial charge in [0.15, 0.2) is 0 Å². The van der Waals surface area contributed by atoms with Gasteiger partial charge in [-0.2, -0.15) is 0 Å². The monoisotopic (exact) mass is 306 g/mol. The SMILES string of the molecule is CCNC(=O)CN1CCCCC1CNC(=O)CCN.Cl. The normalized spacial score (nSPS) is 19.0. The van der Waals surface area contributed by atoms with Crippen molar-refractivity contribution in [1.29, 1.82) is 0 Å². The highest BCUT2D eigenvalue weighted by Crippen LogP contribution is 2.15. The second-order valence-electron chi connectivity index (χ2n) is 4.92. The van der Waals surface area contributed by atoms with Crippen LogP contribution in [0.15, 0.2) is 0 Å². The first-order valence-corrected chi connectivity index (χ1v) is 7.14. The molecule has 0 aliphatic carbocycles. The molecule has 4 N–H and O–H groups in total. The van der Waals surface area contributed by atoms with E-state index in [9.17, 15) is 9.59 Å². The van der Waals surface area contributed by atoms with E-state index in [2.05, 4.69) is 15.5 Å². The zero-order valence-corrected chi connectivity index (χ0v) is 13.0. The van der Waals surface area contributed by atoms with Crippen LogP contribution in [0.5, 0.6) is 0 Å². The van der Waals surface area contributed by atoms with Crippen LogP contribution in [0, 0.1) is 0 Å². The second-order valence-corrected chi connectivity index (χ2v) is 4.92. The van der Waals surface area contributed by atoms with Crippen LogP contribution in [0.1, 0.15) is 32.6 Å². The molecule has 1 aliphatic heterocycles. The molecule has 0 spiro atoms. The number of nitrogens with one attached hydrogen (secondary N) is 2. The summed E-state index contributed by atoms with van der Waals surface area (Å²) in [6.45, 7) is 4.90. The summed E-state index contributed by atoms with van der Waals surface area (Å²) in [6.07, 6.45) is 3.67. The molecule has 1 heterocycles. The Hall–Kier alpha value is -0.850. The average Bonchev–Trinajstić information content (AvgIpc) is 2.38. The minimum Gasteiger partial charge on any atom is -0.355 e. The smallest absolute Gasteiger partial charge is 0.234 e. The third kappa shape index (κ3) is 7.07. The topological polar surface area (TPSA) is 87.5 Å². The third-order valence-corrected chi connectivity index (χ3v) is 3.38. The zero-order chi connectivity index (χ0) is 14.1. The van der Waals surface area contributed by atoms with Gasteiger partial charge in [-0.3, -0.25) is 14.5 Å². The van der Waals surface area contributed by atoms with Crippen LogP contribution < -0.4 is 16.4 Å². The Kier molecular flexibility index (Phi) is 10.4. The molecule has 1 atom stereocenters. The Labute approximate surface area is 127 Å². The summed E-state index contributed by atoms with van der Waals surface area (Å²) in [7, 11) is 0. The fourth-order valence-electron chi connectivity index (χ4n) is 2.39. The molecule has 1 rings (SSSR count). The molecule has 0 aromatic heterocycles. The number of carbonyl (C=O) groups is 2. The standard InChI is InChI=1S/C13H26N4O2.ClH/c1-2-15-13(19)10-17-8-4-3-5-11(17)9-16-12(18)6-7-14;/h11H,2-10,14H2,1H3,(H,15,19)(H,16,18);1H. The van der Waals surface area contributed by atoms with Crippen LogP contribution in [-0.2, 0) is 9.59 Å². The van der Waals surface area contributed by atoms with Crippen molar-refractivity contribution in [2.24, 2.45) is 5.73 Å². The number of halogens is 1. The number of nitrogens with two attached hydrogens (primary N) is 1. The van der Waals surface area contributed by atoms with Gasteiger partial charge < -0.3 is 16.4 Å². The molecular formula is C13H27ClN4O2. The summed E-state index contributed by atoms with van der Waals surface area (Å²) in [5, 5.41) is 5.71. The maximum absolute atomic E-state index is 11.6. The van der Waals surface area contributed by atoms with Gasteiger partial charge in [-0.25, -0.2) is 0 Å². The predicted molar refractivity (Wildman–Crippen MR) is 81.8 cm³/mol. The third-order valence-electron chi connectivity index (χ3n) is 3.38. The maximum Gasteiger partial charge on any atom is 0.234 e. The van der Waals surface area contributed by atoms with Gasteiger partial charge in [-0.1, -0.05) is 6.42 Å². The van der Waals surface area contributed by atoms with Gasteiger partial charge in [-0.05, 0) is 26.3 Å². The molecule has 1 aliphatic rings. The van der Waals surface area contributed by atoms with Gasteiger partial charge in [0.05, 0.1) is 6.54 Å². The van der Waals surface area contributed by atoms with Crippen LogP contribution in [0.4, 0.5) is 0 Å². The molecule has 0 aromatic carbocycles. The predicted octanol–water partition coefficient (Wildman–Crippen LogP) is -0.136. The quantitative estimate of drug-likeness (QED) is 0.611. The second kappa shape index (κ2) is 10.9. The number of hydrogen-bond acceptors (Lipinski definition) is 4. The van der Waals surface area contributed by atoms with E-state index < -0.39 is 0 Å². The minimum absolute atomic E-state index is 0. The minimum atomic E-state index is -0.00830. The lowest BCUT2D eigenvalue weighted by atomic mass is 10.0. The fraction of sp³-hybridized carbons (Fsp3) is 0.846. The van der Waals surface area contributed by atoms with E-state index in [0.717, 1.165) is 25.8 Å². The summed E-state index contributed by atoms with van der Waals surface area (Å²) in [6, 6.07) is 0.262. The van der Waals surface area contributed by atoms with Gasteiger partial charge >= 0.3 is 0 Å². The number of rotatable bonds is 7.